The SMILES string of the molecule is CCN(CC)C(=O)c1ccc([C@H](c2cccc(OC)c2)N2C[C@@H](C)N(Cc3ccc(F)cc3)C[C@@H]2C)cc1. The number of benzene rings is 3. The fourth-order valence-corrected chi connectivity index (χ4v) is 5.52. The summed E-state index contributed by atoms with van der Waals surface area (Å²) in [6, 6.07) is 23.8. The summed E-state index contributed by atoms with van der Waals surface area (Å²) >= 11 is 0. The van der Waals surface area contributed by atoms with Gasteiger partial charge in [0.1, 0.15) is 11.6 Å². The molecule has 202 valence electrons. The van der Waals surface area contributed by atoms with Crippen LogP contribution in [-0.4, -0.2) is 66.0 Å². The van der Waals surface area contributed by atoms with Crippen molar-refractivity contribution < 1.29 is 13.9 Å². The van der Waals surface area contributed by atoms with E-state index in [9.17, 15) is 9.18 Å². The fraction of sp³-hybridized carbons (Fsp3) is 0.406. The third-order valence-electron chi connectivity index (χ3n) is 7.73. The van der Waals surface area contributed by atoms with Crippen LogP contribution in [-0.2, 0) is 6.54 Å². The molecule has 5 nitrogen and oxygen atoms in total. The highest BCUT2D eigenvalue weighted by atomic mass is 19.1. The van der Waals surface area contributed by atoms with Gasteiger partial charge in [-0.3, -0.25) is 14.6 Å². The Bertz CT molecular complexity index is 1190. The molecule has 1 amide bonds. The number of piperazine rings is 1. The van der Waals surface area contributed by atoms with Crippen molar-refractivity contribution in [3.63, 3.8) is 0 Å². The van der Waals surface area contributed by atoms with E-state index >= 15 is 0 Å². The van der Waals surface area contributed by atoms with E-state index in [1.165, 1.54) is 17.7 Å². The average molecular weight is 518 g/mol. The molecule has 0 N–H and O–H groups in total. The first-order chi connectivity index (χ1) is 18.3. The van der Waals surface area contributed by atoms with Crippen molar-refractivity contribution in [2.45, 2.75) is 52.4 Å². The van der Waals surface area contributed by atoms with E-state index in [1.54, 1.807) is 7.11 Å². The zero-order valence-electron chi connectivity index (χ0n) is 23.2. The molecule has 1 aliphatic heterocycles. The highest BCUT2D eigenvalue weighted by Gasteiger charge is 2.35. The predicted molar refractivity (Wildman–Crippen MR) is 151 cm³/mol. The molecule has 0 unspecified atom stereocenters. The second-order valence-corrected chi connectivity index (χ2v) is 10.2. The van der Waals surface area contributed by atoms with Gasteiger partial charge in [0, 0.05) is 50.4 Å². The lowest BCUT2D eigenvalue weighted by molar-refractivity contribution is 0.0195. The van der Waals surface area contributed by atoms with E-state index < -0.39 is 0 Å². The lowest BCUT2D eigenvalue weighted by Crippen LogP contribution is -2.56. The summed E-state index contributed by atoms with van der Waals surface area (Å²) in [6.07, 6.45) is 0. The van der Waals surface area contributed by atoms with Crippen LogP contribution in [0.5, 0.6) is 5.75 Å². The Balaban J connectivity index is 1.62. The molecule has 0 radical (unpaired) electrons. The van der Waals surface area contributed by atoms with E-state index in [1.807, 2.05) is 55.1 Å². The molecular weight excluding hydrogens is 477 g/mol. The van der Waals surface area contributed by atoms with Gasteiger partial charge >= 0.3 is 0 Å². The van der Waals surface area contributed by atoms with Crippen molar-refractivity contribution in [1.29, 1.82) is 0 Å². The summed E-state index contributed by atoms with van der Waals surface area (Å²) in [4.78, 5) is 19.8. The van der Waals surface area contributed by atoms with Gasteiger partial charge in [-0.1, -0.05) is 36.4 Å². The lowest BCUT2D eigenvalue weighted by Gasteiger charge is -2.47. The highest BCUT2D eigenvalue weighted by Crippen LogP contribution is 2.35. The van der Waals surface area contributed by atoms with Gasteiger partial charge in [-0.15, -0.1) is 0 Å². The van der Waals surface area contributed by atoms with E-state index in [-0.39, 0.29) is 23.8 Å². The Kier molecular flexibility index (Phi) is 9.18. The van der Waals surface area contributed by atoms with Crippen LogP contribution in [0.3, 0.4) is 0 Å². The highest BCUT2D eigenvalue weighted by molar-refractivity contribution is 5.94. The third kappa shape index (κ3) is 6.25. The molecule has 38 heavy (non-hydrogen) atoms. The normalized spacial score (nSPS) is 19.2. The molecule has 3 atom stereocenters. The number of hydrogen-bond donors (Lipinski definition) is 0. The first kappa shape index (κ1) is 27.8. The van der Waals surface area contributed by atoms with E-state index in [2.05, 4.69) is 47.9 Å². The van der Waals surface area contributed by atoms with Crippen molar-refractivity contribution in [1.82, 2.24) is 14.7 Å². The summed E-state index contributed by atoms with van der Waals surface area (Å²) in [5.74, 6) is 0.693. The minimum absolute atomic E-state index is 0.0214. The number of amides is 1. The second kappa shape index (κ2) is 12.5. The minimum atomic E-state index is -0.203. The molecule has 1 saturated heterocycles. The van der Waals surface area contributed by atoms with E-state index in [4.69, 9.17) is 4.74 Å². The number of ether oxygens (including phenoxy) is 1. The minimum Gasteiger partial charge on any atom is -0.497 e. The fourth-order valence-electron chi connectivity index (χ4n) is 5.52. The monoisotopic (exact) mass is 517 g/mol. The van der Waals surface area contributed by atoms with Crippen molar-refractivity contribution in [2.75, 3.05) is 33.3 Å². The number of rotatable bonds is 9. The van der Waals surface area contributed by atoms with Crippen LogP contribution in [0.4, 0.5) is 4.39 Å². The summed E-state index contributed by atoms with van der Waals surface area (Å²) in [5.41, 5.74) is 4.16. The molecule has 4 rings (SSSR count). The topological polar surface area (TPSA) is 36.0 Å². The third-order valence-corrected chi connectivity index (χ3v) is 7.73. The Labute approximate surface area is 226 Å². The lowest BCUT2D eigenvalue weighted by atomic mass is 9.92. The molecule has 3 aromatic rings. The Morgan fingerprint density at radius 1 is 0.947 bits per heavy atom. The van der Waals surface area contributed by atoms with Gasteiger partial charge in [-0.25, -0.2) is 4.39 Å². The van der Waals surface area contributed by atoms with Gasteiger partial charge in [0.05, 0.1) is 13.2 Å². The van der Waals surface area contributed by atoms with Crippen LogP contribution in [0, 0.1) is 5.82 Å². The molecule has 0 saturated carbocycles. The Morgan fingerprint density at radius 2 is 1.63 bits per heavy atom. The number of hydrogen-bond acceptors (Lipinski definition) is 4. The average Bonchev–Trinajstić information content (AvgIpc) is 2.93. The second-order valence-electron chi connectivity index (χ2n) is 10.2. The molecular formula is C32H40FN3O2. The predicted octanol–water partition coefficient (Wildman–Crippen LogP) is 6.00. The molecule has 0 bridgehead atoms. The molecule has 1 heterocycles. The van der Waals surface area contributed by atoms with Crippen LogP contribution in [0.15, 0.2) is 72.8 Å². The number of nitrogens with zero attached hydrogens (tertiary/aromatic N) is 3. The van der Waals surface area contributed by atoms with Gasteiger partial charge in [0.25, 0.3) is 5.91 Å². The summed E-state index contributed by atoms with van der Waals surface area (Å²) in [6.45, 7) is 12.5. The van der Waals surface area contributed by atoms with Crippen LogP contribution in [0.1, 0.15) is 60.8 Å². The maximum atomic E-state index is 13.4. The number of carbonyl (C=O) groups excluding carboxylic acids is 1. The van der Waals surface area contributed by atoms with Crippen LogP contribution in [0.2, 0.25) is 0 Å². The smallest absolute Gasteiger partial charge is 0.253 e. The quantitative estimate of drug-likeness (QED) is 0.349. The standard InChI is InChI=1S/C32H40FN3O2/c1-6-34(7-2)32(37)27-15-13-26(14-16-27)31(28-9-8-10-30(19-28)38-5)36-21-23(3)35(20-24(36)4)22-25-11-17-29(33)18-12-25/h8-19,23-24,31H,6-7,20-22H2,1-5H3/t23-,24+,31-/m1/s1. The maximum Gasteiger partial charge on any atom is 0.253 e. The molecule has 3 aromatic carbocycles. The molecule has 0 spiro atoms. The molecule has 0 aromatic heterocycles. The van der Waals surface area contributed by atoms with Crippen molar-refractivity contribution in [3.8, 4) is 5.75 Å². The van der Waals surface area contributed by atoms with Crippen LogP contribution >= 0.6 is 0 Å². The van der Waals surface area contributed by atoms with Crippen molar-refractivity contribution in [2.24, 2.45) is 0 Å². The largest absolute Gasteiger partial charge is 0.497 e. The zero-order chi connectivity index (χ0) is 27.2. The van der Waals surface area contributed by atoms with Crippen molar-refractivity contribution in [3.05, 3.63) is 101 Å². The summed E-state index contributed by atoms with van der Waals surface area (Å²) < 4.78 is 19.0. The summed E-state index contributed by atoms with van der Waals surface area (Å²) in [7, 11) is 1.70. The van der Waals surface area contributed by atoms with E-state index in [0.29, 0.717) is 24.7 Å². The number of halogens is 1. The summed E-state index contributed by atoms with van der Waals surface area (Å²) in [5, 5.41) is 0. The van der Waals surface area contributed by atoms with Gasteiger partial charge < -0.3 is 9.64 Å². The first-order valence-corrected chi connectivity index (χ1v) is 13.6. The number of methoxy groups -OCH3 is 1. The van der Waals surface area contributed by atoms with Crippen molar-refractivity contribution >= 4 is 5.91 Å². The molecule has 1 aliphatic rings. The van der Waals surface area contributed by atoms with Gasteiger partial charge in [0.2, 0.25) is 0 Å². The molecule has 1 fully saturated rings. The maximum absolute atomic E-state index is 13.4. The first-order valence-electron chi connectivity index (χ1n) is 13.6. The van der Waals surface area contributed by atoms with E-state index in [0.717, 1.165) is 36.5 Å². The van der Waals surface area contributed by atoms with Gasteiger partial charge in [-0.2, -0.15) is 0 Å². The van der Waals surface area contributed by atoms with Crippen LogP contribution < -0.4 is 4.74 Å². The van der Waals surface area contributed by atoms with Gasteiger partial charge in [-0.05, 0) is 80.8 Å². The Morgan fingerprint density at radius 3 is 2.26 bits per heavy atom. The molecule has 6 heteroatoms. The van der Waals surface area contributed by atoms with Crippen LogP contribution in [0.25, 0.3) is 0 Å². The number of carbonyl (C=O) groups is 1. The Hall–Kier alpha value is -3.22. The van der Waals surface area contributed by atoms with Gasteiger partial charge in [0.15, 0.2) is 0 Å². The molecule has 0 aliphatic carbocycles. The zero-order valence-corrected chi connectivity index (χ0v) is 23.2.